The zero-order valence-corrected chi connectivity index (χ0v) is 44.2. The molecule has 0 aliphatic heterocycles. The number of esters is 2. The molecule has 0 amide bonds. The van der Waals surface area contributed by atoms with E-state index in [1.54, 1.807) is 0 Å². The summed E-state index contributed by atoms with van der Waals surface area (Å²) in [5.41, 5.74) is 0. The van der Waals surface area contributed by atoms with Gasteiger partial charge in [0, 0.05) is 19.4 Å². The van der Waals surface area contributed by atoms with Crippen molar-refractivity contribution >= 4 is 11.9 Å². The van der Waals surface area contributed by atoms with Gasteiger partial charge in [0.25, 0.3) is 0 Å². The van der Waals surface area contributed by atoms with Gasteiger partial charge in [-0.3, -0.25) is 9.59 Å². The summed E-state index contributed by atoms with van der Waals surface area (Å²) in [7, 11) is 0. The average Bonchev–Trinajstić information content (AvgIpc) is 3.32. The number of rotatable bonds is 53. The average molecular weight is 924 g/mol. The molecule has 66 heavy (non-hydrogen) atoms. The quantitative estimate of drug-likeness (QED) is 0.0346. The predicted molar refractivity (Wildman–Crippen MR) is 288 cm³/mol. The topological polar surface area (TPSA) is 61.8 Å². The number of ether oxygens (including phenoxy) is 3. The van der Waals surface area contributed by atoms with Crippen molar-refractivity contribution in [2.24, 2.45) is 0 Å². The fraction of sp³-hybridized carbons (Fsp3) is 0.803. The van der Waals surface area contributed by atoms with E-state index in [0.717, 1.165) is 70.6 Å². The lowest BCUT2D eigenvalue weighted by molar-refractivity contribution is -0.163. The zero-order valence-electron chi connectivity index (χ0n) is 44.2. The number of carbonyl (C=O) groups excluding carboxylic acids is 2. The minimum Gasteiger partial charge on any atom is -0.462 e. The summed E-state index contributed by atoms with van der Waals surface area (Å²) in [6.45, 7) is 7.78. The monoisotopic (exact) mass is 923 g/mol. The molecule has 1 atom stereocenters. The maximum atomic E-state index is 12.9. The van der Waals surface area contributed by atoms with Crippen LogP contribution in [0.1, 0.15) is 290 Å². The van der Waals surface area contributed by atoms with E-state index < -0.39 is 6.10 Å². The first kappa shape index (κ1) is 63.6. The molecule has 0 spiro atoms. The third kappa shape index (κ3) is 54.2. The maximum Gasteiger partial charge on any atom is 0.306 e. The number of carbonyl (C=O) groups is 2. The lowest BCUT2D eigenvalue weighted by atomic mass is 10.0. The summed E-state index contributed by atoms with van der Waals surface area (Å²) < 4.78 is 17.5. The van der Waals surface area contributed by atoms with Crippen molar-refractivity contribution in [1.29, 1.82) is 0 Å². The van der Waals surface area contributed by atoms with Crippen molar-refractivity contribution in [3.8, 4) is 0 Å². The molecule has 0 saturated carbocycles. The van der Waals surface area contributed by atoms with Crippen LogP contribution in [0.5, 0.6) is 0 Å². The van der Waals surface area contributed by atoms with Gasteiger partial charge in [0.2, 0.25) is 0 Å². The summed E-state index contributed by atoms with van der Waals surface area (Å²) in [5, 5.41) is 0. The Labute approximate surface area is 411 Å². The van der Waals surface area contributed by atoms with E-state index in [1.807, 2.05) is 0 Å². The minimum absolute atomic E-state index is 0.0660. The van der Waals surface area contributed by atoms with Crippen LogP contribution in [0.15, 0.2) is 60.8 Å². The Morgan fingerprint density at radius 2 is 0.636 bits per heavy atom. The molecule has 0 saturated heterocycles. The van der Waals surface area contributed by atoms with Gasteiger partial charge in [0.15, 0.2) is 6.10 Å². The molecule has 5 nitrogen and oxygen atoms in total. The normalized spacial score (nSPS) is 12.6. The van der Waals surface area contributed by atoms with Crippen molar-refractivity contribution in [2.45, 2.75) is 297 Å². The lowest BCUT2D eigenvalue weighted by Gasteiger charge is -2.18. The van der Waals surface area contributed by atoms with Crippen LogP contribution in [-0.2, 0) is 23.8 Å². The third-order valence-corrected chi connectivity index (χ3v) is 12.5. The highest BCUT2D eigenvalue weighted by Gasteiger charge is 2.17. The molecule has 0 aromatic heterocycles. The van der Waals surface area contributed by atoms with Crippen LogP contribution >= 0.6 is 0 Å². The van der Waals surface area contributed by atoms with Gasteiger partial charge in [-0.25, -0.2) is 0 Å². The summed E-state index contributed by atoms with van der Waals surface area (Å²) >= 11 is 0. The number of hydrogen-bond donors (Lipinski definition) is 0. The van der Waals surface area contributed by atoms with E-state index in [0.29, 0.717) is 19.4 Å². The van der Waals surface area contributed by atoms with Crippen molar-refractivity contribution in [1.82, 2.24) is 0 Å². The van der Waals surface area contributed by atoms with Crippen LogP contribution in [0.3, 0.4) is 0 Å². The van der Waals surface area contributed by atoms with Gasteiger partial charge in [-0.05, 0) is 89.9 Å². The Morgan fingerprint density at radius 1 is 0.333 bits per heavy atom. The smallest absolute Gasteiger partial charge is 0.306 e. The standard InChI is InChI=1S/C61H110O5/c1-4-7-10-13-16-19-22-25-28-30-31-32-34-37-40-43-46-49-52-55-61(63)66-59(57-64-56-53-50-47-44-41-38-35-29-26-23-20-17-14-11-8-5-2)58-65-60(62)54-51-48-45-42-39-36-33-27-24-21-18-15-12-9-6-3/h16,18-19,21,25,27-28,33,39,42,59H,4-15,17,20,22-24,26,29-32,34-38,40-41,43-58H2,1-3H3/b19-16-,21-18-,28-25-,33-27-,42-39-/t59-/m1/s1. The van der Waals surface area contributed by atoms with Crippen LogP contribution in [-0.4, -0.2) is 37.9 Å². The second kappa shape index (κ2) is 56.9. The Hall–Kier alpha value is -2.40. The van der Waals surface area contributed by atoms with Gasteiger partial charge < -0.3 is 14.2 Å². The molecule has 0 N–H and O–H groups in total. The summed E-state index contributed by atoms with van der Waals surface area (Å²) in [6, 6.07) is 0. The minimum atomic E-state index is -0.553. The Balaban J connectivity index is 4.30. The molecule has 0 fully saturated rings. The SMILES string of the molecule is CCCCC/C=C\C/C=C\C/C=C\CCCCC(=O)OC[C@@H](COCCCCCCCCCCCCCCCCCC)OC(=O)CCCCCCCCCCC/C=C\C/C=C\CCCCC. The van der Waals surface area contributed by atoms with Crippen LogP contribution in [0.25, 0.3) is 0 Å². The highest BCUT2D eigenvalue weighted by atomic mass is 16.6. The Morgan fingerprint density at radius 3 is 1.08 bits per heavy atom. The Bertz CT molecular complexity index is 1130. The molecule has 384 valence electrons. The molecule has 0 heterocycles. The molecular formula is C61H110O5. The van der Waals surface area contributed by atoms with Gasteiger partial charge in [0.1, 0.15) is 6.61 Å². The molecule has 0 aromatic rings. The molecule has 0 aliphatic rings. The molecule has 5 heteroatoms. The third-order valence-electron chi connectivity index (χ3n) is 12.5. The number of hydrogen-bond acceptors (Lipinski definition) is 5. The van der Waals surface area contributed by atoms with E-state index in [2.05, 4.69) is 81.5 Å². The summed E-state index contributed by atoms with van der Waals surface area (Å²) in [4.78, 5) is 25.5. The van der Waals surface area contributed by atoms with Crippen molar-refractivity contribution in [3.63, 3.8) is 0 Å². The first-order valence-corrected chi connectivity index (χ1v) is 28.8. The molecular weight excluding hydrogens is 813 g/mol. The van der Waals surface area contributed by atoms with E-state index >= 15 is 0 Å². The molecule has 0 bridgehead atoms. The zero-order chi connectivity index (χ0) is 47.7. The largest absolute Gasteiger partial charge is 0.462 e. The highest BCUT2D eigenvalue weighted by molar-refractivity contribution is 5.70. The van der Waals surface area contributed by atoms with Gasteiger partial charge in [0.05, 0.1) is 6.61 Å². The van der Waals surface area contributed by atoms with Crippen LogP contribution in [0.4, 0.5) is 0 Å². The van der Waals surface area contributed by atoms with Crippen molar-refractivity contribution in [3.05, 3.63) is 60.8 Å². The maximum absolute atomic E-state index is 12.9. The molecule has 0 unspecified atom stereocenters. The lowest BCUT2D eigenvalue weighted by Crippen LogP contribution is -2.30. The van der Waals surface area contributed by atoms with Gasteiger partial charge in [-0.1, -0.05) is 248 Å². The molecule has 0 aliphatic carbocycles. The van der Waals surface area contributed by atoms with Crippen molar-refractivity contribution < 1.29 is 23.8 Å². The molecule has 0 radical (unpaired) electrons. The van der Waals surface area contributed by atoms with Crippen molar-refractivity contribution in [2.75, 3.05) is 19.8 Å². The summed E-state index contributed by atoms with van der Waals surface area (Å²) in [6.07, 6.45) is 72.4. The second-order valence-corrected chi connectivity index (χ2v) is 19.2. The number of unbranched alkanes of at least 4 members (excludes halogenated alkanes) is 32. The van der Waals surface area contributed by atoms with Gasteiger partial charge >= 0.3 is 11.9 Å². The first-order valence-electron chi connectivity index (χ1n) is 28.8. The van der Waals surface area contributed by atoms with Crippen LogP contribution in [0, 0.1) is 0 Å². The van der Waals surface area contributed by atoms with Crippen LogP contribution in [0.2, 0.25) is 0 Å². The Kier molecular flexibility index (Phi) is 54.9. The summed E-state index contributed by atoms with van der Waals surface area (Å²) in [5.74, 6) is -0.434. The highest BCUT2D eigenvalue weighted by Crippen LogP contribution is 2.16. The van der Waals surface area contributed by atoms with E-state index in [1.165, 1.54) is 186 Å². The van der Waals surface area contributed by atoms with Gasteiger partial charge in [-0.15, -0.1) is 0 Å². The molecule has 0 aromatic carbocycles. The van der Waals surface area contributed by atoms with E-state index in [9.17, 15) is 9.59 Å². The van der Waals surface area contributed by atoms with E-state index in [4.69, 9.17) is 14.2 Å². The van der Waals surface area contributed by atoms with Gasteiger partial charge in [-0.2, -0.15) is 0 Å². The predicted octanol–water partition coefficient (Wildman–Crippen LogP) is 19.7. The van der Waals surface area contributed by atoms with E-state index in [-0.39, 0.29) is 25.2 Å². The number of allylic oxidation sites excluding steroid dienone is 10. The molecule has 0 rings (SSSR count). The fourth-order valence-electron chi connectivity index (χ4n) is 8.20. The fourth-order valence-corrected chi connectivity index (χ4v) is 8.20. The second-order valence-electron chi connectivity index (χ2n) is 19.2. The first-order chi connectivity index (χ1) is 32.6. The van der Waals surface area contributed by atoms with Crippen LogP contribution < -0.4 is 0 Å².